The number of alkyl halides is 3. The summed E-state index contributed by atoms with van der Waals surface area (Å²) in [7, 11) is 1.53. The normalized spacial score (nSPS) is 12.5. The van der Waals surface area contributed by atoms with Crippen molar-refractivity contribution in [2.75, 3.05) is 13.7 Å². The number of methoxy groups -OCH3 is 1. The van der Waals surface area contributed by atoms with Crippen LogP contribution in [0.4, 0.5) is 13.2 Å². The summed E-state index contributed by atoms with van der Waals surface area (Å²) in [4.78, 5) is 14.3. The number of nitrogens with zero attached hydrogens (tertiary/aromatic N) is 1. The summed E-state index contributed by atoms with van der Waals surface area (Å²) in [5, 5.41) is 0. The lowest BCUT2D eigenvalue weighted by Gasteiger charge is -2.29. The Hall–Kier alpha value is -2.50. The van der Waals surface area contributed by atoms with Gasteiger partial charge in [0, 0.05) is 12.1 Å². The van der Waals surface area contributed by atoms with Gasteiger partial charge >= 0.3 is 6.18 Å². The Kier molecular flexibility index (Phi) is 6.29. The fourth-order valence-electron chi connectivity index (χ4n) is 2.93. The predicted molar refractivity (Wildman–Crippen MR) is 93.9 cm³/mol. The molecule has 2 aromatic rings. The van der Waals surface area contributed by atoms with Crippen molar-refractivity contribution in [1.82, 2.24) is 4.90 Å². The van der Waals surface area contributed by atoms with E-state index in [1.54, 1.807) is 30.0 Å². The minimum absolute atomic E-state index is 0.126. The molecule has 0 aromatic heterocycles. The zero-order valence-electron chi connectivity index (χ0n) is 15.0. The summed E-state index contributed by atoms with van der Waals surface area (Å²) >= 11 is 0. The smallest absolute Gasteiger partial charge is 0.416 e. The Balaban J connectivity index is 2.23. The van der Waals surface area contributed by atoms with Crippen LogP contribution in [0.3, 0.4) is 0 Å². The van der Waals surface area contributed by atoms with Gasteiger partial charge in [0.15, 0.2) is 0 Å². The average molecular weight is 365 g/mol. The molecule has 0 aliphatic rings. The van der Waals surface area contributed by atoms with E-state index in [4.69, 9.17) is 4.74 Å². The topological polar surface area (TPSA) is 29.5 Å². The molecule has 0 heterocycles. The van der Waals surface area contributed by atoms with E-state index in [0.717, 1.165) is 17.7 Å². The number of likely N-dealkylation sites (N-methyl/N-ethyl adjacent to an activating group) is 1. The van der Waals surface area contributed by atoms with Gasteiger partial charge in [0.05, 0.1) is 25.1 Å². The summed E-state index contributed by atoms with van der Waals surface area (Å²) in [5.41, 5.74) is 0.486. The molecule has 2 aromatic carbocycles. The average Bonchev–Trinajstić information content (AvgIpc) is 2.62. The third-order valence-corrected chi connectivity index (χ3v) is 4.36. The van der Waals surface area contributed by atoms with E-state index >= 15 is 0 Å². The highest BCUT2D eigenvalue weighted by atomic mass is 19.4. The summed E-state index contributed by atoms with van der Waals surface area (Å²) in [6, 6.07) is 11.9. The van der Waals surface area contributed by atoms with Crippen LogP contribution in [0.15, 0.2) is 48.5 Å². The third-order valence-electron chi connectivity index (χ3n) is 4.36. The maximum absolute atomic E-state index is 12.9. The molecule has 2 rings (SSSR count). The number of benzene rings is 2. The molecule has 26 heavy (non-hydrogen) atoms. The molecule has 0 N–H and O–H groups in total. The van der Waals surface area contributed by atoms with Crippen molar-refractivity contribution in [2.24, 2.45) is 0 Å². The van der Waals surface area contributed by atoms with Gasteiger partial charge in [-0.2, -0.15) is 13.2 Å². The lowest BCUT2D eigenvalue weighted by Crippen LogP contribution is -2.34. The number of para-hydroxylation sites is 1. The molecule has 0 aliphatic heterocycles. The number of carbonyl (C=O) groups is 1. The van der Waals surface area contributed by atoms with Gasteiger partial charge in [-0.25, -0.2) is 0 Å². The number of amides is 1. The fraction of sp³-hybridized carbons (Fsp3) is 0.350. The van der Waals surface area contributed by atoms with Crippen molar-refractivity contribution in [2.45, 2.75) is 32.5 Å². The second kappa shape index (κ2) is 8.25. The third kappa shape index (κ3) is 4.56. The van der Waals surface area contributed by atoms with Crippen molar-refractivity contribution in [3.63, 3.8) is 0 Å². The van der Waals surface area contributed by atoms with E-state index in [1.165, 1.54) is 13.2 Å². The van der Waals surface area contributed by atoms with Crippen molar-refractivity contribution in [1.29, 1.82) is 0 Å². The van der Waals surface area contributed by atoms with Crippen LogP contribution in [0, 0.1) is 0 Å². The highest BCUT2D eigenvalue weighted by Crippen LogP contribution is 2.32. The van der Waals surface area contributed by atoms with E-state index in [2.05, 4.69) is 0 Å². The molecule has 1 unspecified atom stereocenters. The van der Waals surface area contributed by atoms with Gasteiger partial charge in [-0.15, -0.1) is 0 Å². The molecule has 0 saturated heterocycles. The molecule has 1 atom stereocenters. The number of ether oxygens (including phenoxy) is 1. The Morgan fingerprint density at radius 2 is 1.85 bits per heavy atom. The zero-order chi connectivity index (χ0) is 19.3. The minimum Gasteiger partial charge on any atom is -0.496 e. The molecule has 0 saturated carbocycles. The first-order valence-corrected chi connectivity index (χ1v) is 8.36. The maximum Gasteiger partial charge on any atom is 0.416 e. The number of hydrogen-bond acceptors (Lipinski definition) is 2. The van der Waals surface area contributed by atoms with Crippen LogP contribution in [0.1, 0.15) is 36.6 Å². The number of hydrogen-bond donors (Lipinski definition) is 0. The Morgan fingerprint density at radius 1 is 1.15 bits per heavy atom. The van der Waals surface area contributed by atoms with Gasteiger partial charge in [0.1, 0.15) is 5.75 Å². The quantitative estimate of drug-likeness (QED) is 0.731. The second-order valence-electron chi connectivity index (χ2n) is 5.97. The molecule has 3 nitrogen and oxygen atoms in total. The molecule has 140 valence electrons. The van der Waals surface area contributed by atoms with Crippen LogP contribution < -0.4 is 4.74 Å². The van der Waals surface area contributed by atoms with Gasteiger partial charge in [-0.3, -0.25) is 4.79 Å². The Bertz CT molecular complexity index is 759. The van der Waals surface area contributed by atoms with Crippen molar-refractivity contribution >= 4 is 5.91 Å². The van der Waals surface area contributed by atoms with Crippen LogP contribution in [-0.2, 0) is 17.4 Å². The van der Waals surface area contributed by atoms with E-state index in [1.807, 2.05) is 19.1 Å². The molecule has 1 amide bonds. The zero-order valence-corrected chi connectivity index (χ0v) is 15.0. The van der Waals surface area contributed by atoms with Crippen LogP contribution in [-0.4, -0.2) is 24.5 Å². The highest BCUT2D eigenvalue weighted by Gasteiger charge is 2.31. The van der Waals surface area contributed by atoms with Gasteiger partial charge in [0.2, 0.25) is 5.91 Å². The first kappa shape index (κ1) is 19.8. The van der Waals surface area contributed by atoms with Gasteiger partial charge in [-0.1, -0.05) is 30.3 Å². The SMILES string of the molecule is CCN(C(=O)Cc1ccccc1OC)C(C)c1cccc(C(F)(F)F)c1. The molecule has 0 radical (unpaired) electrons. The molecular formula is C20H22F3NO2. The van der Waals surface area contributed by atoms with E-state index in [0.29, 0.717) is 17.9 Å². The van der Waals surface area contributed by atoms with Crippen LogP contribution >= 0.6 is 0 Å². The summed E-state index contributed by atoms with van der Waals surface area (Å²) < 4.78 is 44.1. The lowest BCUT2D eigenvalue weighted by atomic mass is 10.0. The van der Waals surface area contributed by atoms with Crippen molar-refractivity contribution in [3.05, 3.63) is 65.2 Å². The van der Waals surface area contributed by atoms with Gasteiger partial charge in [-0.05, 0) is 37.6 Å². The Morgan fingerprint density at radius 3 is 2.46 bits per heavy atom. The van der Waals surface area contributed by atoms with Crippen LogP contribution in [0.2, 0.25) is 0 Å². The molecule has 0 bridgehead atoms. The van der Waals surface area contributed by atoms with Gasteiger partial charge < -0.3 is 9.64 Å². The largest absolute Gasteiger partial charge is 0.496 e. The maximum atomic E-state index is 12.9. The first-order valence-electron chi connectivity index (χ1n) is 8.36. The number of carbonyl (C=O) groups excluding carboxylic acids is 1. The molecule has 6 heteroatoms. The van der Waals surface area contributed by atoms with Crippen LogP contribution in [0.25, 0.3) is 0 Å². The molecule has 0 aliphatic carbocycles. The molecular weight excluding hydrogens is 343 g/mol. The number of halogens is 3. The minimum atomic E-state index is -4.41. The Labute approximate surface area is 151 Å². The van der Waals surface area contributed by atoms with Gasteiger partial charge in [0.25, 0.3) is 0 Å². The molecule has 0 fully saturated rings. The summed E-state index contributed by atoms with van der Waals surface area (Å²) in [6.45, 7) is 3.94. The second-order valence-corrected chi connectivity index (χ2v) is 5.97. The molecule has 0 spiro atoms. The standard InChI is InChI=1S/C20H22F3NO2/c1-4-24(19(25)13-16-8-5-6-11-18(16)26-3)14(2)15-9-7-10-17(12-15)20(21,22)23/h5-12,14H,4,13H2,1-3H3. The van der Waals surface area contributed by atoms with Crippen LogP contribution in [0.5, 0.6) is 5.75 Å². The van der Waals surface area contributed by atoms with E-state index < -0.39 is 17.8 Å². The summed E-state index contributed by atoms with van der Waals surface area (Å²) in [6.07, 6.45) is -4.28. The first-order chi connectivity index (χ1) is 12.3. The summed E-state index contributed by atoms with van der Waals surface area (Å²) in [5.74, 6) is 0.450. The fourth-order valence-corrected chi connectivity index (χ4v) is 2.93. The highest BCUT2D eigenvalue weighted by molar-refractivity contribution is 5.80. The number of rotatable bonds is 6. The van der Waals surface area contributed by atoms with E-state index in [9.17, 15) is 18.0 Å². The van der Waals surface area contributed by atoms with Crippen molar-refractivity contribution < 1.29 is 22.7 Å². The monoisotopic (exact) mass is 365 g/mol. The van der Waals surface area contributed by atoms with Crippen molar-refractivity contribution in [3.8, 4) is 5.75 Å². The predicted octanol–water partition coefficient (Wildman–Crippen LogP) is 4.87. The van der Waals surface area contributed by atoms with E-state index in [-0.39, 0.29) is 12.3 Å². The lowest BCUT2D eigenvalue weighted by molar-refractivity contribution is -0.137.